The molecule has 3 nitrogen and oxygen atoms in total. The molecule has 76 valence electrons. The van der Waals surface area contributed by atoms with E-state index in [0.29, 0.717) is 11.0 Å². The van der Waals surface area contributed by atoms with Gasteiger partial charge in [0.15, 0.2) is 0 Å². The van der Waals surface area contributed by atoms with Crippen molar-refractivity contribution in [3.05, 3.63) is 35.7 Å². The van der Waals surface area contributed by atoms with Crippen molar-refractivity contribution in [3.63, 3.8) is 0 Å². The minimum absolute atomic E-state index is 0.531. The molecule has 15 heavy (non-hydrogen) atoms. The van der Waals surface area contributed by atoms with E-state index < -0.39 is 0 Å². The topological polar surface area (TPSA) is 51.3 Å². The summed E-state index contributed by atoms with van der Waals surface area (Å²) in [6.45, 7) is 1.75. The number of nitrogens with zero attached hydrogens (tertiary/aromatic N) is 2. The van der Waals surface area contributed by atoms with Crippen molar-refractivity contribution >= 4 is 22.3 Å². The first-order valence-electron chi connectivity index (χ1n) is 4.57. The molecule has 0 amide bonds. The molecule has 0 bridgehead atoms. The lowest BCUT2D eigenvalue weighted by Crippen LogP contribution is -2.03. The normalized spacial score (nSPS) is 11.7. The third kappa shape index (κ3) is 2.41. The monoisotopic (exact) mass is 217 g/mol. The van der Waals surface area contributed by atoms with E-state index in [4.69, 9.17) is 5.73 Å². The van der Waals surface area contributed by atoms with Crippen molar-refractivity contribution in [2.45, 2.75) is 6.92 Å². The first-order valence-corrected chi connectivity index (χ1v) is 5.45. The number of hydrogen-bond donors (Lipinski definition) is 1. The Balaban J connectivity index is 2.32. The van der Waals surface area contributed by atoms with E-state index in [9.17, 15) is 0 Å². The quantitative estimate of drug-likeness (QED) is 0.621. The Labute approximate surface area is 92.3 Å². The largest absolute Gasteiger partial charge is 0.387 e. The second kappa shape index (κ2) is 4.23. The maximum atomic E-state index is 5.49. The van der Waals surface area contributed by atoms with Crippen molar-refractivity contribution in [3.8, 4) is 11.3 Å². The summed E-state index contributed by atoms with van der Waals surface area (Å²) in [5.74, 6) is 0.531. The average molecular weight is 217 g/mol. The van der Waals surface area contributed by atoms with Gasteiger partial charge in [-0.1, -0.05) is 30.3 Å². The predicted octanol–water partition coefficient (Wildman–Crippen LogP) is 2.82. The van der Waals surface area contributed by atoms with Crippen LogP contribution < -0.4 is 5.73 Å². The van der Waals surface area contributed by atoms with Gasteiger partial charge in [0, 0.05) is 10.9 Å². The molecule has 1 aromatic carbocycles. The predicted molar refractivity (Wildman–Crippen MR) is 64.5 cm³/mol. The molecule has 4 heteroatoms. The third-order valence-corrected chi connectivity index (χ3v) is 2.57. The summed E-state index contributed by atoms with van der Waals surface area (Å²) in [7, 11) is 0. The number of aromatic nitrogens is 1. The summed E-state index contributed by atoms with van der Waals surface area (Å²) in [5, 5.41) is 2.69. The molecule has 2 aromatic rings. The van der Waals surface area contributed by atoms with Gasteiger partial charge in [0.05, 0.1) is 11.5 Å². The molecule has 0 aliphatic heterocycles. The summed E-state index contributed by atoms with van der Waals surface area (Å²) in [6.07, 6.45) is 0. The third-order valence-electron chi connectivity index (χ3n) is 1.83. The highest BCUT2D eigenvalue weighted by atomic mass is 32.1. The van der Waals surface area contributed by atoms with Crippen molar-refractivity contribution in [1.29, 1.82) is 0 Å². The Kier molecular flexibility index (Phi) is 2.78. The summed E-state index contributed by atoms with van der Waals surface area (Å²) >= 11 is 1.49. The standard InChI is InChI=1S/C11H11N3S/c1-8(12)13-11-14-10(7-15-11)9-5-3-2-4-6-9/h2-7H,1H3,(H2,12,13,14). The zero-order chi connectivity index (χ0) is 10.7. The van der Waals surface area contributed by atoms with Gasteiger partial charge in [0.1, 0.15) is 0 Å². The summed E-state index contributed by atoms with van der Waals surface area (Å²) in [6, 6.07) is 10.0. The Morgan fingerprint density at radius 3 is 2.73 bits per heavy atom. The average Bonchev–Trinajstić information content (AvgIpc) is 2.67. The van der Waals surface area contributed by atoms with Crippen molar-refractivity contribution in [2.24, 2.45) is 10.7 Å². The zero-order valence-electron chi connectivity index (χ0n) is 8.34. The molecular formula is C11H11N3S. The number of nitrogens with two attached hydrogens (primary N) is 1. The van der Waals surface area contributed by atoms with Gasteiger partial charge in [-0.2, -0.15) is 0 Å². The maximum absolute atomic E-state index is 5.49. The second-order valence-corrected chi connectivity index (χ2v) is 3.97. The minimum Gasteiger partial charge on any atom is -0.387 e. The van der Waals surface area contributed by atoms with Crippen LogP contribution in [0.4, 0.5) is 5.13 Å². The Morgan fingerprint density at radius 2 is 2.07 bits per heavy atom. The number of amidine groups is 1. The van der Waals surface area contributed by atoms with Crippen LogP contribution >= 0.6 is 11.3 Å². The Bertz CT molecular complexity index is 470. The highest BCUT2D eigenvalue weighted by Crippen LogP contribution is 2.26. The zero-order valence-corrected chi connectivity index (χ0v) is 9.16. The molecule has 0 aliphatic rings. The first kappa shape index (κ1) is 9.86. The second-order valence-electron chi connectivity index (χ2n) is 3.13. The smallest absolute Gasteiger partial charge is 0.211 e. The maximum Gasteiger partial charge on any atom is 0.211 e. The van der Waals surface area contributed by atoms with Crippen LogP contribution in [-0.4, -0.2) is 10.8 Å². The number of rotatable bonds is 2. The van der Waals surface area contributed by atoms with Crippen LogP contribution in [0.3, 0.4) is 0 Å². The van der Waals surface area contributed by atoms with Gasteiger partial charge >= 0.3 is 0 Å². The highest BCUT2D eigenvalue weighted by Gasteiger charge is 2.02. The summed E-state index contributed by atoms with van der Waals surface area (Å²) in [4.78, 5) is 8.48. The van der Waals surface area contributed by atoms with Crippen LogP contribution in [0.5, 0.6) is 0 Å². The van der Waals surface area contributed by atoms with Gasteiger partial charge in [-0.15, -0.1) is 11.3 Å². The van der Waals surface area contributed by atoms with Crippen LogP contribution in [0.15, 0.2) is 40.7 Å². The van der Waals surface area contributed by atoms with Crippen LogP contribution in [0.2, 0.25) is 0 Å². The number of hydrogen-bond acceptors (Lipinski definition) is 3. The fraction of sp³-hybridized carbons (Fsp3) is 0.0909. The summed E-state index contributed by atoms with van der Waals surface area (Å²) in [5.41, 5.74) is 7.54. The van der Waals surface area contributed by atoms with E-state index in [1.165, 1.54) is 11.3 Å². The van der Waals surface area contributed by atoms with E-state index in [1.54, 1.807) is 6.92 Å². The number of benzene rings is 1. The van der Waals surface area contributed by atoms with E-state index in [-0.39, 0.29) is 0 Å². The molecule has 2 N–H and O–H groups in total. The molecular weight excluding hydrogens is 206 g/mol. The molecule has 0 aliphatic carbocycles. The van der Waals surface area contributed by atoms with Gasteiger partial charge in [0.25, 0.3) is 0 Å². The SMILES string of the molecule is C/C(N)=N/c1nc(-c2ccccc2)cs1. The lowest BCUT2D eigenvalue weighted by atomic mass is 10.2. The first-order chi connectivity index (χ1) is 7.25. The molecule has 1 aromatic heterocycles. The number of thiazole rings is 1. The molecule has 0 atom stereocenters. The van der Waals surface area contributed by atoms with Crippen molar-refractivity contribution < 1.29 is 0 Å². The van der Waals surface area contributed by atoms with E-state index in [0.717, 1.165) is 11.3 Å². The van der Waals surface area contributed by atoms with Crippen LogP contribution in [0, 0.1) is 0 Å². The van der Waals surface area contributed by atoms with E-state index in [1.807, 2.05) is 35.7 Å². The highest BCUT2D eigenvalue weighted by molar-refractivity contribution is 7.13. The fourth-order valence-electron chi connectivity index (χ4n) is 1.21. The van der Waals surface area contributed by atoms with Gasteiger partial charge in [0.2, 0.25) is 5.13 Å². The van der Waals surface area contributed by atoms with Gasteiger partial charge < -0.3 is 5.73 Å². The molecule has 0 unspecified atom stereocenters. The van der Waals surface area contributed by atoms with Crippen molar-refractivity contribution in [2.75, 3.05) is 0 Å². The molecule has 0 saturated heterocycles. The van der Waals surface area contributed by atoms with Crippen LogP contribution in [0.1, 0.15) is 6.92 Å². The molecule has 0 saturated carbocycles. The minimum atomic E-state index is 0.531. The lowest BCUT2D eigenvalue weighted by molar-refractivity contribution is 1.34. The molecule has 1 heterocycles. The summed E-state index contributed by atoms with van der Waals surface area (Å²) < 4.78 is 0. The van der Waals surface area contributed by atoms with E-state index in [2.05, 4.69) is 9.98 Å². The van der Waals surface area contributed by atoms with Gasteiger partial charge in [-0.05, 0) is 6.92 Å². The van der Waals surface area contributed by atoms with Crippen LogP contribution in [0.25, 0.3) is 11.3 Å². The van der Waals surface area contributed by atoms with Crippen LogP contribution in [-0.2, 0) is 0 Å². The molecule has 0 fully saturated rings. The fourth-order valence-corrected chi connectivity index (χ4v) is 1.96. The molecule has 0 spiro atoms. The van der Waals surface area contributed by atoms with Crippen molar-refractivity contribution in [1.82, 2.24) is 4.98 Å². The van der Waals surface area contributed by atoms with Gasteiger partial charge in [-0.3, -0.25) is 0 Å². The Morgan fingerprint density at radius 1 is 1.33 bits per heavy atom. The molecule has 0 radical (unpaired) electrons. The lowest BCUT2D eigenvalue weighted by Gasteiger charge is -1.93. The molecule has 2 rings (SSSR count). The van der Waals surface area contributed by atoms with Gasteiger partial charge in [-0.25, -0.2) is 9.98 Å². The van der Waals surface area contributed by atoms with E-state index >= 15 is 0 Å². The Hall–Kier alpha value is -1.68. The number of aliphatic imine (C=N–C) groups is 1.